The molecule has 1 aliphatic heterocycles. The highest BCUT2D eigenvalue weighted by atomic mass is 35.5. The average Bonchev–Trinajstić information content (AvgIpc) is 2.69. The van der Waals surface area contributed by atoms with Gasteiger partial charge in [-0.25, -0.2) is 9.78 Å². The second-order valence-corrected chi connectivity index (χ2v) is 9.91. The molecule has 2 aromatic rings. The third kappa shape index (κ3) is 7.12. The molecule has 0 unspecified atom stereocenters. The number of halogens is 1. The van der Waals surface area contributed by atoms with Crippen molar-refractivity contribution in [2.75, 3.05) is 18.0 Å². The first-order chi connectivity index (χ1) is 15.5. The number of nitrogens with one attached hydrogen (secondary N) is 1. The number of carbonyl (C=O) groups excluding carboxylic acids is 1. The summed E-state index contributed by atoms with van der Waals surface area (Å²) in [5, 5.41) is 3.48. The number of amides is 1. The molecule has 1 radical (unpaired) electrons. The summed E-state index contributed by atoms with van der Waals surface area (Å²) < 4.78 is 12.7. The Bertz CT molecular complexity index is 1030. The number of hydrogen-bond acceptors (Lipinski definition) is 6. The normalized spacial score (nSPS) is 16.6. The zero-order valence-corrected chi connectivity index (χ0v) is 20.6. The van der Waals surface area contributed by atoms with Crippen molar-refractivity contribution >= 4 is 23.6 Å². The van der Waals surface area contributed by atoms with Gasteiger partial charge in [-0.1, -0.05) is 11.6 Å². The van der Waals surface area contributed by atoms with E-state index in [1.807, 2.05) is 39.5 Å². The Morgan fingerprint density at radius 1 is 1.36 bits per heavy atom. The molecule has 3 rings (SSSR count). The van der Waals surface area contributed by atoms with Gasteiger partial charge in [0.05, 0.1) is 18.8 Å². The fourth-order valence-corrected chi connectivity index (χ4v) is 3.91. The molecule has 1 aliphatic rings. The van der Waals surface area contributed by atoms with Gasteiger partial charge in [0.1, 0.15) is 5.60 Å². The largest absolute Gasteiger partial charge is 0.484 e. The van der Waals surface area contributed by atoms with Gasteiger partial charge in [0, 0.05) is 24.2 Å². The average molecular weight is 476 g/mol. The third-order valence-electron chi connectivity index (χ3n) is 4.94. The lowest BCUT2D eigenvalue weighted by molar-refractivity contribution is 0.0499. The number of rotatable bonds is 6. The minimum absolute atomic E-state index is 0.120. The van der Waals surface area contributed by atoms with Crippen LogP contribution >= 0.6 is 11.6 Å². The summed E-state index contributed by atoms with van der Waals surface area (Å²) in [6.45, 7) is 10.7. The van der Waals surface area contributed by atoms with Crippen LogP contribution in [0.2, 0.25) is 5.02 Å². The minimum Gasteiger partial charge on any atom is -0.484 e. The topological polar surface area (TPSA) is 85.7 Å². The van der Waals surface area contributed by atoms with Crippen LogP contribution in [0.3, 0.4) is 0 Å². The summed E-state index contributed by atoms with van der Waals surface area (Å²) >= 11 is 6.13. The second-order valence-electron chi connectivity index (χ2n) is 9.47. The van der Waals surface area contributed by atoms with Gasteiger partial charge in [-0.15, -0.1) is 0 Å². The number of benzene rings is 1. The Balaban J connectivity index is 1.88. The molecule has 1 fully saturated rings. The van der Waals surface area contributed by atoms with E-state index in [0.29, 0.717) is 24.1 Å². The molecule has 1 aromatic heterocycles. The van der Waals surface area contributed by atoms with Crippen molar-refractivity contribution in [1.29, 1.82) is 0 Å². The summed E-state index contributed by atoms with van der Waals surface area (Å²) in [6, 6.07) is 8.13. The number of ether oxygens (including phenoxy) is 2. The zero-order chi connectivity index (χ0) is 24.2. The first kappa shape index (κ1) is 24.9. The molecule has 0 aliphatic carbocycles. The fourth-order valence-electron chi connectivity index (χ4n) is 3.71. The summed E-state index contributed by atoms with van der Waals surface area (Å²) in [6.07, 6.45) is 2.53. The number of carbonyl (C=O) groups is 1. The monoisotopic (exact) mass is 475 g/mol. The zero-order valence-electron chi connectivity index (χ0n) is 19.9. The summed E-state index contributed by atoms with van der Waals surface area (Å²) in [5.41, 5.74) is -0.00793. The maximum absolute atomic E-state index is 13.3. The van der Waals surface area contributed by atoms with Gasteiger partial charge in [-0.05, 0) is 77.3 Å². The summed E-state index contributed by atoms with van der Waals surface area (Å²) in [7, 11) is 0. The van der Waals surface area contributed by atoms with Gasteiger partial charge in [-0.3, -0.25) is 9.36 Å². The van der Waals surface area contributed by atoms with Crippen molar-refractivity contribution in [2.24, 2.45) is 0 Å². The molecule has 9 heteroatoms. The van der Waals surface area contributed by atoms with Crippen LogP contribution in [0.1, 0.15) is 53.0 Å². The molecule has 33 heavy (non-hydrogen) atoms. The van der Waals surface area contributed by atoms with Crippen molar-refractivity contribution in [3.63, 3.8) is 0 Å². The van der Waals surface area contributed by atoms with Gasteiger partial charge >= 0.3 is 6.09 Å². The van der Waals surface area contributed by atoms with Crippen molar-refractivity contribution in [3.8, 4) is 5.75 Å². The molecule has 1 saturated heterocycles. The van der Waals surface area contributed by atoms with Gasteiger partial charge in [0.2, 0.25) is 11.7 Å². The van der Waals surface area contributed by atoms with E-state index in [-0.39, 0.29) is 30.0 Å². The lowest BCUT2D eigenvalue weighted by atomic mass is 10.1. The molecule has 1 aromatic carbocycles. The molecule has 1 atom stereocenters. The lowest BCUT2D eigenvalue weighted by Gasteiger charge is -2.35. The molecule has 2 heterocycles. The van der Waals surface area contributed by atoms with E-state index in [1.54, 1.807) is 22.8 Å². The van der Waals surface area contributed by atoms with E-state index in [0.717, 1.165) is 18.4 Å². The fraction of sp³-hybridized carbons (Fsp3) is 0.542. The summed E-state index contributed by atoms with van der Waals surface area (Å²) in [4.78, 5) is 32.2. The Labute approximate surface area is 199 Å². The molecule has 1 amide bonds. The van der Waals surface area contributed by atoms with Crippen LogP contribution in [0.15, 0.2) is 29.2 Å². The standard InChI is InChI=1S/C24H32ClN4O4/c1-16(2)32-20-13-26-22(29(21(20)30)14-17-8-6-9-18(25)12-17)28-11-7-10-19(15-28)27-23(31)33-24(3,4)5/h8-9,12-13,16,19H,7,10-11,14-15H2,1-5H3,(H,27,31)/t19-/m1/s1. The Hall–Kier alpha value is -2.74. The highest BCUT2D eigenvalue weighted by Crippen LogP contribution is 2.21. The van der Waals surface area contributed by atoms with Gasteiger partial charge in [0.15, 0.2) is 0 Å². The number of hydrogen-bond donors (Lipinski definition) is 1. The Morgan fingerprint density at radius 3 is 2.79 bits per heavy atom. The molecule has 179 valence electrons. The van der Waals surface area contributed by atoms with Crippen LogP contribution in [0.4, 0.5) is 10.7 Å². The molecule has 8 nitrogen and oxygen atoms in total. The number of alkyl carbamates (subject to hydrolysis) is 1. The van der Waals surface area contributed by atoms with Crippen molar-refractivity contribution in [3.05, 3.63) is 51.4 Å². The number of aromatic nitrogens is 2. The maximum atomic E-state index is 13.3. The molecular weight excluding hydrogens is 444 g/mol. The van der Waals surface area contributed by atoms with E-state index in [1.165, 1.54) is 6.20 Å². The maximum Gasteiger partial charge on any atom is 0.407 e. The molecule has 0 saturated carbocycles. The quantitative estimate of drug-likeness (QED) is 0.679. The molecule has 0 spiro atoms. The Kier molecular flexibility index (Phi) is 7.89. The van der Waals surface area contributed by atoms with Crippen LogP contribution in [-0.4, -0.2) is 46.5 Å². The van der Waals surface area contributed by atoms with Crippen molar-refractivity contribution in [1.82, 2.24) is 14.9 Å². The van der Waals surface area contributed by atoms with Crippen LogP contribution in [0.25, 0.3) is 0 Å². The number of anilines is 1. The van der Waals surface area contributed by atoms with Crippen LogP contribution in [0.5, 0.6) is 5.75 Å². The van der Waals surface area contributed by atoms with Gasteiger partial charge in [0.25, 0.3) is 5.56 Å². The van der Waals surface area contributed by atoms with E-state index < -0.39 is 11.7 Å². The highest BCUT2D eigenvalue weighted by Gasteiger charge is 2.27. The van der Waals surface area contributed by atoms with E-state index >= 15 is 0 Å². The van der Waals surface area contributed by atoms with Gasteiger partial charge < -0.3 is 19.7 Å². The van der Waals surface area contributed by atoms with Crippen molar-refractivity contribution < 1.29 is 14.3 Å². The van der Waals surface area contributed by atoms with E-state index in [2.05, 4.69) is 16.4 Å². The predicted molar refractivity (Wildman–Crippen MR) is 128 cm³/mol. The number of piperidine rings is 1. The lowest BCUT2D eigenvalue weighted by Crippen LogP contribution is -2.50. The second kappa shape index (κ2) is 10.5. The van der Waals surface area contributed by atoms with Crippen LogP contribution < -0.4 is 20.5 Å². The molecule has 1 N–H and O–H groups in total. The SMILES string of the molecule is CC(C)Oc1cnc(N2CCC[C@@H](NC(=O)OC(C)(C)C)C2)n(Cc2c[c]cc(Cl)c2)c1=O. The van der Waals surface area contributed by atoms with Gasteiger partial charge in [-0.2, -0.15) is 0 Å². The first-order valence-electron chi connectivity index (χ1n) is 11.2. The first-order valence-corrected chi connectivity index (χ1v) is 11.6. The molecule has 0 bridgehead atoms. The Morgan fingerprint density at radius 2 is 2.12 bits per heavy atom. The third-order valence-corrected chi connectivity index (χ3v) is 5.15. The van der Waals surface area contributed by atoms with E-state index in [9.17, 15) is 9.59 Å². The number of nitrogens with zero attached hydrogens (tertiary/aromatic N) is 3. The van der Waals surface area contributed by atoms with Crippen molar-refractivity contribution in [2.45, 2.75) is 71.8 Å². The molecular formula is C24H32ClN4O4. The smallest absolute Gasteiger partial charge is 0.407 e. The van der Waals surface area contributed by atoms with Crippen LogP contribution in [0, 0.1) is 6.07 Å². The predicted octanol–water partition coefficient (Wildman–Crippen LogP) is 4.03. The summed E-state index contributed by atoms with van der Waals surface area (Å²) in [5.74, 6) is 0.715. The van der Waals surface area contributed by atoms with E-state index in [4.69, 9.17) is 21.1 Å². The van der Waals surface area contributed by atoms with Crippen LogP contribution in [-0.2, 0) is 11.3 Å². The highest BCUT2D eigenvalue weighted by molar-refractivity contribution is 6.30. The minimum atomic E-state index is -0.569.